The van der Waals surface area contributed by atoms with Crippen LogP contribution in [0, 0.1) is 0 Å². The highest BCUT2D eigenvalue weighted by Crippen LogP contribution is 2.36. The lowest BCUT2D eigenvalue weighted by Crippen LogP contribution is -2.01. The lowest BCUT2D eigenvalue weighted by atomic mass is 10.0. The molecule has 0 saturated carbocycles. The zero-order chi connectivity index (χ0) is 20.2. The maximum atomic E-state index is 11.1. The molecular formula is C21H43O5P. The predicted molar refractivity (Wildman–Crippen MR) is 112 cm³/mol. The van der Waals surface area contributed by atoms with Crippen molar-refractivity contribution < 1.29 is 23.7 Å². The highest BCUT2D eigenvalue weighted by molar-refractivity contribution is 7.46. The third-order valence-electron chi connectivity index (χ3n) is 4.96. The third-order valence-corrected chi connectivity index (χ3v) is 5.40. The molecule has 0 aromatic carbocycles. The van der Waals surface area contributed by atoms with E-state index in [-0.39, 0.29) is 6.42 Å². The number of hydrogen-bond donors (Lipinski definition) is 2. The van der Waals surface area contributed by atoms with Crippen LogP contribution in [0.2, 0.25) is 0 Å². The first-order valence-electron chi connectivity index (χ1n) is 11.2. The molecule has 0 aromatic rings. The van der Waals surface area contributed by atoms with Gasteiger partial charge < -0.3 is 4.52 Å². The van der Waals surface area contributed by atoms with Crippen LogP contribution in [0.25, 0.3) is 0 Å². The van der Waals surface area contributed by atoms with Gasteiger partial charge in [0.05, 0.1) is 0 Å². The van der Waals surface area contributed by atoms with Gasteiger partial charge in [-0.15, -0.1) is 0 Å². The van der Waals surface area contributed by atoms with Gasteiger partial charge in [0.15, 0.2) is 0 Å². The third kappa shape index (κ3) is 23.6. The average molecular weight is 407 g/mol. The Morgan fingerprint density at radius 1 is 0.630 bits per heavy atom. The molecule has 0 unspecified atom stereocenters. The predicted octanol–water partition coefficient (Wildman–Crippen LogP) is 7.05. The van der Waals surface area contributed by atoms with E-state index in [1.807, 2.05) is 0 Å². The molecule has 5 nitrogen and oxygen atoms in total. The van der Waals surface area contributed by atoms with Crippen LogP contribution < -0.4 is 0 Å². The molecule has 2 N–H and O–H groups in total. The summed E-state index contributed by atoms with van der Waals surface area (Å²) in [5.41, 5.74) is 0. The Morgan fingerprint density at radius 2 is 0.926 bits per heavy atom. The minimum atomic E-state index is -4.67. The van der Waals surface area contributed by atoms with Crippen LogP contribution >= 0.6 is 7.82 Å². The topological polar surface area (TPSA) is 83.8 Å². The summed E-state index contributed by atoms with van der Waals surface area (Å²) in [5.74, 6) is -0.806. The summed E-state index contributed by atoms with van der Waals surface area (Å²) in [7, 11) is -4.67. The smallest absolute Gasteiger partial charge is 0.371 e. The molecule has 162 valence electrons. The van der Waals surface area contributed by atoms with Crippen LogP contribution in [0.4, 0.5) is 0 Å². The molecule has 6 heteroatoms. The molecule has 0 fully saturated rings. The Labute approximate surface area is 166 Å². The zero-order valence-electron chi connectivity index (χ0n) is 17.5. The van der Waals surface area contributed by atoms with Crippen LogP contribution in [0.5, 0.6) is 0 Å². The Bertz CT molecular complexity index is 381. The minimum absolute atomic E-state index is 0.0872. The van der Waals surface area contributed by atoms with Crippen molar-refractivity contribution in [3.63, 3.8) is 0 Å². The van der Waals surface area contributed by atoms with E-state index in [4.69, 9.17) is 9.79 Å². The molecule has 0 bridgehead atoms. The molecule has 0 atom stereocenters. The molecule has 0 radical (unpaired) electrons. The van der Waals surface area contributed by atoms with E-state index in [2.05, 4.69) is 11.4 Å². The summed E-state index contributed by atoms with van der Waals surface area (Å²) >= 11 is 0. The normalized spacial score (nSPS) is 11.7. The number of carbonyl (C=O) groups is 1. The van der Waals surface area contributed by atoms with Crippen LogP contribution in [0.15, 0.2) is 0 Å². The highest BCUT2D eigenvalue weighted by atomic mass is 31.2. The summed E-state index contributed by atoms with van der Waals surface area (Å²) in [4.78, 5) is 28.1. The van der Waals surface area contributed by atoms with Crippen molar-refractivity contribution in [2.24, 2.45) is 0 Å². The lowest BCUT2D eigenvalue weighted by molar-refractivity contribution is -0.135. The van der Waals surface area contributed by atoms with E-state index < -0.39 is 13.8 Å². The van der Waals surface area contributed by atoms with Gasteiger partial charge in [0.25, 0.3) is 0 Å². The van der Waals surface area contributed by atoms with Gasteiger partial charge in [0.2, 0.25) is 0 Å². The summed E-state index contributed by atoms with van der Waals surface area (Å²) in [6.45, 7) is 2.27. The van der Waals surface area contributed by atoms with Crippen LogP contribution in [0.1, 0.15) is 129 Å². The van der Waals surface area contributed by atoms with E-state index in [0.717, 1.165) is 12.8 Å². The van der Waals surface area contributed by atoms with Crippen LogP contribution in [-0.4, -0.2) is 15.8 Å². The van der Waals surface area contributed by atoms with E-state index in [0.29, 0.717) is 6.42 Å². The number of phosphoric acid groups is 1. The van der Waals surface area contributed by atoms with E-state index in [9.17, 15) is 9.36 Å². The second-order valence-corrected chi connectivity index (χ2v) is 8.88. The first-order chi connectivity index (χ1) is 13.0. The molecule has 0 amide bonds. The van der Waals surface area contributed by atoms with Gasteiger partial charge in [-0.25, -0.2) is 4.57 Å². The van der Waals surface area contributed by atoms with Crippen molar-refractivity contribution in [3.05, 3.63) is 0 Å². The van der Waals surface area contributed by atoms with Crippen molar-refractivity contribution in [1.29, 1.82) is 0 Å². The van der Waals surface area contributed by atoms with Gasteiger partial charge in [0, 0.05) is 6.42 Å². The molecule has 0 rings (SSSR count). The fourth-order valence-corrected chi connectivity index (χ4v) is 3.71. The maximum Gasteiger partial charge on any atom is 0.526 e. The van der Waals surface area contributed by atoms with Crippen molar-refractivity contribution in [2.45, 2.75) is 129 Å². The second-order valence-electron chi connectivity index (χ2n) is 7.71. The summed E-state index contributed by atoms with van der Waals surface area (Å²) in [6, 6.07) is 0. The van der Waals surface area contributed by atoms with E-state index in [1.54, 1.807) is 0 Å². The van der Waals surface area contributed by atoms with Crippen LogP contribution in [0.3, 0.4) is 0 Å². The molecule has 0 aliphatic heterocycles. The molecule has 0 spiro atoms. The standard InChI is InChI=1S/C21H43O5P/c1-2-3-4-5-6-7-8-9-10-11-12-13-14-15-16-17-18-19-20-21(22)26-27(23,24)25/h2-20H2,1H3,(H2,23,24,25). The van der Waals surface area contributed by atoms with E-state index >= 15 is 0 Å². The van der Waals surface area contributed by atoms with Gasteiger partial charge in [-0.3, -0.25) is 14.6 Å². The fraction of sp³-hybridized carbons (Fsp3) is 0.952. The summed E-state index contributed by atoms with van der Waals surface area (Å²) < 4.78 is 14.5. The minimum Gasteiger partial charge on any atom is -0.371 e. The Morgan fingerprint density at radius 3 is 1.22 bits per heavy atom. The first-order valence-corrected chi connectivity index (χ1v) is 12.8. The van der Waals surface area contributed by atoms with Gasteiger partial charge >= 0.3 is 13.8 Å². The average Bonchev–Trinajstić information content (AvgIpc) is 2.59. The lowest BCUT2D eigenvalue weighted by Gasteiger charge is -2.05. The molecule has 0 aliphatic carbocycles. The van der Waals surface area contributed by atoms with Crippen LogP contribution in [-0.2, 0) is 13.9 Å². The Hall–Kier alpha value is -0.380. The molecule has 0 aromatic heterocycles. The van der Waals surface area contributed by atoms with Crippen molar-refractivity contribution in [2.75, 3.05) is 0 Å². The summed E-state index contributed by atoms with van der Waals surface area (Å²) in [5, 5.41) is 0. The number of rotatable bonds is 20. The SMILES string of the molecule is CCCCCCCCCCCCCCCCCCCCC(=O)OP(=O)(O)O. The molecule has 0 aliphatic rings. The second kappa shape index (κ2) is 19.0. The van der Waals surface area contributed by atoms with Crippen molar-refractivity contribution >= 4 is 13.8 Å². The number of unbranched alkanes of at least 4 members (excludes halogenated alkanes) is 17. The fourth-order valence-electron chi connectivity index (χ4n) is 3.35. The molecule has 0 heterocycles. The van der Waals surface area contributed by atoms with E-state index in [1.165, 1.54) is 96.3 Å². The van der Waals surface area contributed by atoms with Gasteiger partial charge in [-0.1, -0.05) is 116 Å². The molecular weight excluding hydrogens is 363 g/mol. The molecule has 27 heavy (non-hydrogen) atoms. The van der Waals surface area contributed by atoms with Gasteiger partial charge in [0.1, 0.15) is 0 Å². The zero-order valence-corrected chi connectivity index (χ0v) is 18.4. The Kier molecular flexibility index (Phi) is 18.7. The highest BCUT2D eigenvalue weighted by Gasteiger charge is 2.19. The maximum absolute atomic E-state index is 11.1. The monoisotopic (exact) mass is 406 g/mol. The number of phosphoric ester groups is 1. The molecule has 0 saturated heterocycles. The Balaban J connectivity index is 3.13. The van der Waals surface area contributed by atoms with Gasteiger partial charge in [-0.2, -0.15) is 0 Å². The quantitative estimate of drug-likeness (QED) is 0.167. The summed E-state index contributed by atoms with van der Waals surface area (Å²) in [6.07, 6.45) is 23.1. The largest absolute Gasteiger partial charge is 0.526 e. The van der Waals surface area contributed by atoms with Gasteiger partial charge in [-0.05, 0) is 6.42 Å². The van der Waals surface area contributed by atoms with Crippen molar-refractivity contribution in [1.82, 2.24) is 0 Å². The van der Waals surface area contributed by atoms with Crippen molar-refractivity contribution in [3.8, 4) is 0 Å². The first kappa shape index (κ1) is 26.6. The number of hydrogen-bond acceptors (Lipinski definition) is 3. The number of carbonyl (C=O) groups excluding carboxylic acids is 1.